The van der Waals surface area contributed by atoms with E-state index in [0.717, 1.165) is 64.2 Å². The molecule has 0 bridgehead atoms. The molecule has 0 aromatic carbocycles. The van der Waals surface area contributed by atoms with Crippen LogP contribution in [-0.2, 0) is 14.3 Å². The fourth-order valence-electron chi connectivity index (χ4n) is 7.00. The maximum atomic E-state index is 13.1. The van der Waals surface area contributed by atoms with Gasteiger partial charge >= 0.3 is 5.97 Å². The fraction of sp³-hybridized carbons (Fsp3) is 0.736. The summed E-state index contributed by atoms with van der Waals surface area (Å²) in [6, 6.07) is -0.731. The number of aliphatic hydroxyl groups is 2. The van der Waals surface area contributed by atoms with Gasteiger partial charge in [-0.25, -0.2) is 0 Å². The standard InChI is InChI=1S/C53H93NO5/c1-4-7-10-13-16-19-22-24-25-26-27-29-30-32-35-38-41-44-49(59-53(58)46-43-40-37-34-31-28-23-20-17-14-11-8-5-2)47-52(57)54-50(48-55)51(56)45-42-39-36-33-21-18-15-12-9-6-3/h16,19,24-25,27-29,31-32,35,37,40,49-51,55-56H,4-15,17-18,20-23,26,30,33-34,36,38-39,41-48H2,1-3H3,(H,54,57)/b19-16-,25-24-,29-27-,31-28-,35-32-,40-37+. The van der Waals surface area contributed by atoms with Crippen molar-refractivity contribution in [1.82, 2.24) is 5.32 Å². The summed E-state index contributed by atoms with van der Waals surface area (Å²) in [6.07, 6.45) is 58.3. The number of hydrogen-bond donors (Lipinski definition) is 3. The van der Waals surface area contributed by atoms with Gasteiger partial charge in [0, 0.05) is 6.42 Å². The average molecular weight is 824 g/mol. The van der Waals surface area contributed by atoms with Crippen LogP contribution >= 0.6 is 0 Å². The highest BCUT2D eigenvalue weighted by molar-refractivity contribution is 5.77. The van der Waals surface area contributed by atoms with E-state index in [1.807, 2.05) is 6.08 Å². The summed E-state index contributed by atoms with van der Waals surface area (Å²) in [4.78, 5) is 26.0. The lowest BCUT2D eigenvalue weighted by Crippen LogP contribution is -2.46. The minimum absolute atomic E-state index is 0.0150. The van der Waals surface area contributed by atoms with Crippen LogP contribution in [0.25, 0.3) is 0 Å². The van der Waals surface area contributed by atoms with Crippen LogP contribution in [0.15, 0.2) is 72.9 Å². The zero-order valence-corrected chi connectivity index (χ0v) is 38.6. The third-order valence-corrected chi connectivity index (χ3v) is 10.8. The molecule has 0 aromatic rings. The summed E-state index contributed by atoms with van der Waals surface area (Å²) in [5, 5.41) is 23.6. The van der Waals surface area contributed by atoms with Crippen molar-refractivity contribution in [3.63, 3.8) is 0 Å². The first-order chi connectivity index (χ1) is 29.0. The summed E-state index contributed by atoms with van der Waals surface area (Å²) in [6.45, 7) is 6.39. The number of allylic oxidation sites excluding steroid dienone is 12. The van der Waals surface area contributed by atoms with E-state index in [9.17, 15) is 19.8 Å². The van der Waals surface area contributed by atoms with Gasteiger partial charge in [0.1, 0.15) is 6.10 Å². The van der Waals surface area contributed by atoms with Gasteiger partial charge in [0.05, 0.1) is 25.2 Å². The molecule has 0 spiro atoms. The topological polar surface area (TPSA) is 95.9 Å². The molecule has 3 unspecified atom stereocenters. The van der Waals surface area contributed by atoms with Gasteiger partial charge in [0.15, 0.2) is 0 Å². The molecule has 0 heterocycles. The Morgan fingerprint density at radius 2 is 0.881 bits per heavy atom. The summed E-state index contributed by atoms with van der Waals surface area (Å²) < 4.78 is 5.85. The van der Waals surface area contributed by atoms with Crippen LogP contribution in [0.5, 0.6) is 0 Å². The Balaban J connectivity index is 4.79. The second-order valence-electron chi connectivity index (χ2n) is 16.5. The second-order valence-corrected chi connectivity index (χ2v) is 16.5. The Morgan fingerprint density at radius 1 is 0.492 bits per heavy atom. The SMILES string of the molecule is CCCCC/C=C\C/C=C\C/C=C\C/C=C\CCCC(CC(=O)NC(CO)C(O)CCCCCCCCCCCC)OC(=O)CC/C=C/C/C=C\CCCCCCCC. The molecule has 0 aliphatic heterocycles. The Kier molecular flexibility index (Phi) is 44.2. The number of amides is 1. The number of carbonyl (C=O) groups is 2. The zero-order valence-electron chi connectivity index (χ0n) is 38.6. The van der Waals surface area contributed by atoms with Crippen LogP contribution in [0.3, 0.4) is 0 Å². The maximum Gasteiger partial charge on any atom is 0.306 e. The third-order valence-electron chi connectivity index (χ3n) is 10.8. The molecule has 0 saturated carbocycles. The predicted molar refractivity (Wildman–Crippen MR) is 255 cm³/mol. The van der Waals surface area contributed by atoms with E-state index in [4.69, 9.17) is 4.74 Å². The van der Waals surface area contributed by atoms with Crippen LogP contribution in [-0.4, -0.2) is 46.9 Å². The number of hydrogen-bond acceptors (Lipinski definition) is 5. The summed E-state index contributed by atoms with van der Waals surface area (Å²) in [7, 11) is 0. The number of esters is 1. The molecule has 0 aliphatic rings. The van der Waals surface area contributed by atoms with Crippen molar-refractivity contribution in [3.05, 3.63) is 72.9 Å². The molecule has 0 fully saturated rings. The lowest BCUT2D eigenvalue weighted by Gasteiger charge is -2.24. The highest BCUT2D eigenvalue weighted by atomic mass is 16.5. The molecule has 0 rings (SSSR count). The van der Waals surface area contributed by atoms with Crippen LogP contribution < -0.4 is 5.32 Å². The number of ether oxygens (including phenoxy) is 1. The molecule has 0 aromatic heterocycles. The molecule has 3 atom stereocenters. The smallest absolute Gasteiger partial charge is 0.306 e. The third kappa shape index (κ3) is 41.8. The first-order valence-electron chi connectivity index (χ1n) is 24.7. The van der Waals surface area contributed by atoms with Gasteiger partial charge < -0.3 is 20.3 Å². The molecule has 3 N–H and O–H groups in total. The summed E-state index contributed by atoms with van der Waals surface area (Å²) in [5.74, 6) is -0.613. The zero-order chi connectivity index (χ0) is 43.1. The summed E-state index contributed by atoms with van der Waals surface area (Å²) in [5.41, 5.74) is 0. The summed E-state index contributed by atoms with van der Waals surface area (Å²) >= 11 is 0. The highest BCUT2D eigenvalue weighted by Crippen LogP contribution is 2.16. The van der Waals surface area contributed by atoms with Gasteiger partial charge in [-0.3, -0.25) is 9.59 Å². The van der Waals surface area contributed by atoms with Gasteiger partial charge in [-0.05, 0) is 83.5 Å². The van der Waals surface area contributed by atoms with Crippen LogP contribution in [0.4, 0.5) is 0 Å². The molecule has 59 heavy (non-hydrogen) atoms. The van der Waals surface area contributed by atoms with E-state index >= 15 is 0 Å². The van der Waals surface area contributed by atoms with Gasteiger partial charge in [0.25, 0.3) is 0 Å². The minimum Gasteiger partial charge on any atom is -0.462 e. The van der Waals surface area contributed by atoms with Gasteiger partial charge in [0.2, 0.25) is 5.91 Å². The monoisotopic (exact) mass is 824 g/mol. The molecule has 1 amide bonds. The second kappa shape index (κ2) is 46.4. The molecule has 6 heteroatoms. The predicted octanol–water partition coefficient (Wildman–Crippen LogP) is 14.6. The van der Waals surface area contributed by atoms with Crippen LogP contribution in [0.1, 0.15) is 226 Å². The van der Waals surface area contributed by atoms with Gasteiger partial charge in [-0.15, -0.1) is 0 Å². The molecule has 0 aliphatic carbocycles. The molecular formula is C53H93NO5. The van der Waals surface area contributed by atoms with Crippen molar-refractivity contribution >= 4 is 11.9 Å². The van der Waals surface area contributed by atoms with Crippen molar-refractivity contribution < 1.29 is 24.5 Å². The quantitative estimate of drug-likeness (QED) is 0.0323. The van der Waals surface area contributed by atoms with Crippen LogP contribution in [0, 0.1) is 0 Å². The first kappa shape index (κ1) is 56.3. The van der Waals surface area contributed by atoms with Crippen molar-refractivity contribution in [2.45, 2.75) is 244 Å². The number of rotatable bonds is 43. The maximum absolute atomic E-state index is 13.1. The van der Waals surface area contributed by atoms with E-state index in [-0.39, 0.29) is 31.3 Å². The Labute approximate surface area is 364 Å². The van der Waals surface area contributed by atoms with Crippen LogP contribution in [0.2, 0.25) is 0 Å². The molecule has 0 radical (unpaired) electrons. The van der Waals surface area contributed by atoms with E-state index in [1.54, 1.807) is 0 Å². The van der Waals surface area contributed by atoms with E-state index in [2.05, 4.69) is 92.9 Å². The lowest BCUT2D eigenvalue weighted by atomic mass is 10.0. The average Bonchev–Trinajstić information content (AvgIpc) is 3.23. The minimum atomic E-state index is -0.811. The molecule has 0 saturated heterocycles. The number of unbranched alkanes of at least 4 members (excludes halogenated alkanes) is 19. The Morgan fingerprint density at radius 3 is 1.37 bits per heavy atom. The van der Waals surface area contributed by atoms with Crippen molar-refractivity contribution in [2.75, 3.05) is 6.61 Å². The number of carbonyl (C=O) groups excluding carboxylic acids is 2. The van der Waals surface area contributed by atoms with Gasteiger partial charge in [-0.2, -0.15) is 0 Å². The number of nitrogens with one attached hydrogen (secondary N) is 1. The molecule has 340 valence electrons. The first-order valence-corrected chi connectivity index (χ1v) is 24.7. The van der Waals surface area contributed by atoms with E-state index in [1.165, 1.54) is 109 Å². The van der Waals surface area contributed by atoms with Crippen molar-refractivity contribution in [1.29, 1.82) is 0 Å². The van der Waals surface area contributed by atoms with Gasteiger partial charge in [-0.1, -0.05) is 203 Å². The van der Waals surface area contributed by atoms with Crippen molar-refractivity contribution in [3.8, 4) is 0 Å². The molecule has 6 nitrogen and oxygen atoms in total. The van der Waals surface area contributed by atoms with E-state index < -0.39 is 18.2 Å². The normalized spacial score (nSPS) is 13.9. The molecular weight excluding hydrogens is 731 g/mol. The number of aliphatic hydroxyl groups excluding tert-OH is 2. The highest BCUT2D eigenvalue weighted by Gasteiger charge is 2.23. The van der Waals surface area contributed by atoms with E-state index in [0.29, 0.717) is 19.3 Å². The fourth-order valence-corrected chi connectivity index (χ4v) is 7.00. The Hall–Kier alpha value is -2.70. The van der Waals surface area contributed by atoms with Crippen molar-refractivity contribution in [2.24, 2.45) is 0 Å². The Bertz CT molecular complexity index is 1110. The largest absolute Gasteiger partial charge is 0.462 e. The lowest BCUT2D eigenvalue weighted by molar-refractivity contribution is -0.150.